The van der Waals surface area contributed by atoms with Crippen LogP contribution in [0.5, 0.6) is 5.75 Å². The Morgan fingerprint density at radius 2 is 1.76 bits per heavy atom. The molecule has 51 heavy (non-hydrogen) atoms. The molecule has 0 radical (unpaired) electrons. The quantitative estimate of drug-likeness (QED) is 0.209. The number of carbonyl (C=O) groups excluding carboxylic acids is 3. The van der Waals surface area contributed by atoms with Gasteiger partial charge in [-0.3, -0.25) is 19.4 Å². The third-order valence-electron chi connectivity index (χ3n) is 9.65. The number of amides is 3. The van der Waals surface area contributed by atoms with E-state index in [1.807, 2.05) is 29.2 Å². The summed E-state index contributed by atoms with van der Waals surface area (Å²) in [5.74, 6) is 0.643. The summed E-state index contributed by atoms with van der Waals surface area (Å²) in [6, 6.07) is 13.4. The molecule has 268 valence electrons. The largest absolute Gasteiger partial charge is 0.496 e. The lowest BCUT2D eigenvalue weighted by Crippen LogP contribution is -2.43. The number of fused-ring (bicyclic) bond motifs is 1. The molecular weight excluding hydrogens is 691 g/mol. The summed E-state index contributed by atoms with van der Waals surface area (Å²) in [7, 11) is 5.18. The number of pyridine rings is 1. The van der Waals surface area contributed by atoms with E-state index in [1.54, 1.807) is 62.0 Å². The molecule has 2 aliphatic rings. The fraction of sp³-hybridized carbons (Fsp3) is 0.378. The number of likely N-dealkylation sites (tertiary alicyclic amines) is 1. The van der Waals surface area contributed by atoms with Gasteiger partial charge in [-0.15, -0.1) is 0 Å². The van der Waals surface area contributed by atoms with Gasteiger partial charge in [0.2, 0.25) is 11.8 Å². The molecule has 3 amide bonds. The Kier molecular flexibility index (Phi) is 11.3. The van der Waals surface area contributed by atoms with E-state index >= 15 is 0 Å². The van der Waals surface area contributed by atoms with E-state index in [0.29, 0.717) is 76.1 Å². The van der Waals surface area contributed by atoms with Crippen LogP contribution < -0.4 is 20.7 Å². The number of carbonyl (C=O) groups is 3. The molecule has 0 bridgehead atoms. The minimum atomic E-state index is -0.413. The number of methoxy groups -OCH3 is 1. The predicted octanol–water partition coefficient (Wildman–Crippen LogP) is 4.92. The highest BCUT2D eigenvalue weighted by atomic mass is 35.5. The van der Waals surface area contributed by atoms with Gasteiger partial charge in [-0.2, -0.15) is 0 Å². The lowest BCUT2D eigenvalue weighted by Gasteiger charge is -2.32. The Morgan fingerprint density at radius 1 is 1.00 bits per heavy atom. The van der Waals surface area contributed by atoms with E-state index in [4.69, 9.17) is 27.9 Å². The number of piperidine rings is 1. The lowest BCUT2D eigenvalue weighted by atomic mass is 10.0. The summed E-state index contributed by atoms with van der Waals surface area (Å²) >= 11 is 14.0. The van der Waals surface area contributed by atoms with Crippen molar-refractivity contribution in [1.29, 1.82) is 0 Å². The van der Waals surface area contributed by atoms with Crippen molar-refractivity contribution >= 4 is 46.6 Å². The average Bonchev–Trinajstić information content (AvgIpc) is 3.47. The second-order valence-electron chi connectivity index (χ2n) is 12.8. The van der Waals surface area contributed by atoms with E-state index in [-0.39, 0.29) is 24.2 Å². The third kappa shape index (κ3) is 7.74. The van der Waals surface area contributed by atoms with Crippen LogP contribution in [-0.4, -0.2) is 88.4 Å². The predicted molar refractivity (Wildman–Crippen MR) is 198 cm³/mol. The normalized spacial score (nSPS) is 14.7. The number of nitrogens with zero attached hydrogens (tertiary/aromatic N) is 5. The van der Waals surface area contributed by atoms with Gasteiger partial charge >= 0.3 is 0 Å². The van der Waals surface area contributed by atoms with Gasteiger partial charge in [-0.25, -0.2) is 4.98 Å². The number of anilines is 1. The van der Waals surface area contributed by atoms with Crippen LogP contribution in [-0.2, 0) is 36.1 Å². The van der Waals surface area contributed by atoms with Crippen LogP contribution in [0.15, 0.2) is 48.7 Å². The Morgan fingerprint density at radius 3 is 2.49 bits per heavy atom. The first kappa shape index (κ1) is 36.3. The topological polar surface area (TPSA) is 134 Å². The first-order valence-electron chi connectivity index (χ1n) is 17.0. The number of likely N-dealkylation sites (N-methyl/N-ethyl adjacent to an activating group) is 1. The number of ether oxygens (including phenoxy) is 1. The van der Waals surface area contributed by atoms with Crippen molar-refractivity contribution in [3.8, 4) is 28.1 Å². The number of aromatic nitrogens is 3. The van der Waals surface area contributed by atoms with E-state index in [9.17, 15) is 14.4 Å². The van der Waals surface area contributed by atoms with Gasteiger partial charge in [0.25, 0.3) is 5.91 Å². The highest BCUT2D eigenvalue weighted by Gasteiger charge is 2.28. The minimum Gasteiger partial charge on any atom is -0.496 e. The third-order valence-corrected chi connectivity index (χ3v) is 10.4. The molecule has 4 heterocycles. The Balaban J connectivity index is 1.18. The van der Waals surface area contributed by atoms with Crippen LogP contribution in [0.1, 0.15) is 47.3 Å². The molecule has 0 spiro atoms. The van der Waals surface area contributed by atoms with Crippen LogP contribution >= 0.6 is 23.2 Å². The fourth-order valence-electron chi connectivity index (χ4n) is 6.77. The van der Waals surface area contributed by atoms with Crippen LogP contribution in [0.2, 0.25) is 10.0 Å². The molecule has 12 nitrogen and oxygen atoms in total. The second-order valence-corrected chi connectivity index (χ2v) is 13.6. The van der Waals surface area contributed by atoms with E-state index in [0.717, 1.165) is 42.8 Å². The summed E-state index contributed by atoms with van der Waals surface area (Å²) in [6.07, 6.45) is 4.10. The average molecular weight is 734 g/mol. The number of benzene rings is 2. The zero-order valence-corrected chi connectivity index (χ0v) is 30.7. The maximum Gasteiger partial charge on any atom is 0.291 e. The number of hydrogen-bond donors (Lipinski definition) is 3. The van der Waals surface area contributed by atoms with Crippen molar-refractivity contribution in [2.75, 3.05) is 45.7 Å². The molecule has 2 aliphatic heterocycles. The number of nitrogens with one attached hydrogen (secondary N) is 3. The van der Waals surface area contributed by atoms with Crippen molar-refractivity contribution in [1.82, 2.24) is 35.0 Å². The van der Waals surface area contributed by atoms with Gasteiger partial charge in [0.1, 0.15) is 5.75 Å². The summed E-state index contributed by atoms with van der Waals surface area (Å²) in [6.45, 7) is 4.92. The van der Waals surface area contributed by atoms with E-state index in [2.05, 4.69) is 25.9 Å². The van der Waals surface area contributed by atoms with Gasteiger partial charge in [0.15, 0.2) is 5.82 Å². The second kappa shape index (κ2) is 15.8. The standard InChI is InChI=1S/C37H42Cl2N8O4/c1-22(48)46-15-11-25(12-16-46)42-19-24-9-8-23(18-31(24)51-4)35-34(39)27(10-14-41-35)26-6-5-7-28(33(26)38)44-37(50)36-43-29-21-47(32(49)20-40-2)17-13-30(29)45(36)3/h5-10,14,18,25,40,42H,11-13,15-17,19-21H2,1-4H3,(H,44,50). The van der Waals surface area contributed by atoms with E-state index < -0.39 is 5.91 Å². The first-order chi connectivity index (χ1) is 24.6. The smallest absolute Gasteiger partial charge is 0.291 e. The van der Waals surface area contributed by atoms with Gasteiger partial charge in [-0.05, 0) is 38.1 Å². The molecule has 2 aromatic carbocycles. The maximum atomic E-state index is 13.5. The fourth-order valence-corrected chi connectivity index (χ4v) is 7.36. The Labute approximate surface area is 307 Å². The van der Waals surface area contributed by atoms with Crippen molar-refractivity contribution in [2.24, 2.45) is 7.05 Å². The molecule has 0 unspecified atom stereocenters. The lowest BCUT2D eigenvalue weighted by molar-refractivity contribution is -0.131. The number of imidazole rings is 1. The molecule has 0 saturated carbocycles. The van der Waals surface area contributed by atoms with Crippen LogP contribution in [0.3, 0.4) is 0 Å². The van der Waals surface area contributed by atoms with Gasteiger partial charge < -0.3 is 35.1 Å². The summed E-state index contributed by atoms with van der Waals surface area (Å²) in [4.78, 5) is 50.5. The number of hydrogen-bond acceptors (Lipinski definition) is 8. The molecule has 1 fully saturated rings. The molecule has 6 rings (SSSR count). The number of halogens is 2. The summed E-state index contributed by atoms with van der Waals surface area (Å²) in [5, 5.41) is 10.2. The molecular formula is C37H42Cl2N8O4. The summed E-state index contributed by atoms with van der Waals surface area (Å²) < 4.78 is 7.55. The van der Waals surface area contributed by atoms with Crippen LogP contribution in [0.25, 0.3) is 22.4 Å². The Bertz CT molecular complexity index is 1960. The number of rotatable bonds is 10. The Hall–Kier alpha value is -4.49. The highest BCUT2D eigenvalue weighted by Crippen LogP contribution is 2.41. The van der Waals surface area contributed by atoms with Gasteiger partial charge in [0, 0.05) is 86.8 Å². The zero-order chi connectivity index (χ0) is 36.2. The molecule has 4 aromatic rings. The van der Waals surface area contributed by atoms with Crippen molar-refractivity contribution in [3.05, 3.63) is 81.5 Å². The van der Waals surface area contributed by atoms with Gasteiger partial charge in [0.05, 0.1) is 47.3 Å². The SMILES string of the molecule is CNCC(=O)N1CCc2c(nc(C(=O)Nc3cccc(-c4ccnc(-c5ccc(CNC6CCN(C(C)=O)CC6)c(OC)c5)c4Cl)c3Cl)n2C)C1. The van der Waals surface area contributed by atoms with E-state index in [1.165, 1.54) is 0 Å². The zero-order valence-electron chi connectivity index (χ0n) is 29.2. The van der Waals surface area contributed by atoms with Crippen molar-refractivity contribution < 1.29 is 19.1 Å². The molecule has 0 atom stereocenters. The maximum absolute atomic E-state index is 13.5. The monoisotopic (exact) mass is 732 g/mol. The van der Waals surface area contributed by atoms with Crippen molar-refractivity contribution in [3.63, 3.8) is 0 Å². The van der Waals surface area contributed by atoms with Crippen LogP contribution in [0, 0.1) is 0 Å². The molecule has 2 aromatic heterocycles. The molecule has 0 aliphatic carbocycles. The molecule has 14 heteroatoms. The van der Waals surface area contributed by atoms with Gasteiger partial charge in [-0.1, -0.05) is 47.5 Å². The van der Waals surface area contributed by atoms with Crippen molar-refractivity contribution in [2.45, 2.75) is 45.3 Å². The molecule has 3 N–H and O–H groups in total. The van der Waals surface area contributed by atoms with Crippen LogP contribution in [0.4, 0.5) is 5.69 Å². The highest BCUT2D eigenvalue weighted by molar-refractivity contribution is 6.39. The molecule has 1 saturated heterocycles. The summed E-state index contributed by atoms with van der Waals surface area (Å²) in [5.41, 5.74) is 5.68. The first-order valence-corrected chi connectivity index (χ1v) is 17.7. The minimum absolute atomic E-state index is 0.00958.